The Balaban J connectivity index is 2.24. The molecule has 0 atom stereocenters. The van der Waals surface area contributed by atoms with Gasteiger partial charge in [0.25, 0.3) is 6.43 Å². The average molecular weight is 332 g/mol. The molecule has 0 radical (unpaired) electrons. The van der Waals surface area contributed by atoms with Crippen molar-refractivity contribution in [1.82, 2.24) is 4.57 Å². The summed E-state index contributed by atoms with van der Waals surface area (Å²) >= 11 is 2.94. The standard InChI is InChI=1S/C11H11BrF5N/c12-8-7(9(13)14)2-5-18(8)6-10(3-1-4-10)11(15,16)17/h2,5,9H,1,3-4,6H2. The topological polar surface area (TPSA) is 4.93 Å². The fourth-order valence-electron chi connectivity index (χ4n) is 2.22. The maximum atomic E-state index is 13.0. The number of hydrogen-bond acceptors (Lipinski definition) is 0. The molecule has 0 spiro atoms. The van der Waals surface area contributed by atoms with E-state index in [0.717, 1.165) is 6.07 Å². The van der Waals surface area contributed by atoms with Crippen molar-refractivity contribution in [3.05, 3.63) is 22.4 Å². The van der Waals surface area contributed by atoms with Crippen LogP contribution in [0.5, 0.6) is 0 Å². The van der Waals surface area contributed by atoms with E-state index in [0.29, 0.717) is 6.42 Å². The minimum atomic E-state index is -4.29. The fourth-order valence-corrected chi connectivity index (χ4v) is 2.76. The summed E-state index contributed by atoms with van der Waals surface area (Å²) in [5.74, 6) is 0. The molecule has 0 N–H and O–H groups in total. The molecule has 1 fully saturated rings. The number of nitrogens with zero attached hydrogens (tertiary/aromatic N) is 1. The number of halogens is 6. The van der Waals surface area contributed by atoms with Crippen LogP contribution >= 0.6 is 15.9 Å². The van der Waals surface area contributed by atoms with Gasteiger partial charge in [-0.1, -0.05) is 6.42 Å². The Morgan fingerprint density at radius 1 is 1.33 bits per heavy atom. The molecule has 102 valence electrons. The lowest BCUT2D eigenvalue weighted by Crippen LogP contribution is -2.47. The predicted molar refractivity (Wildman–Crippen MR) is 59.4 cm³/mol. The molecular formula is C11H11BrF5N. The van der Waals surface area contributed by atoms with E-state index in [1.54, 1.807) is 0 Å². The molecule has 0 aromatic carbocycles. The van der Waals surface area contributed by atoms with Crippen molar-refractivity contribution < 1.29 is 22.0 Å². The third-order valence-corrected chi connectivity index (χ3v) is 4.46. The van der Waals surface area contributed by atoms with Gasteiger partial charge in [0, 0.05) is 12.7 Å². The van der Waals surface area contributed by atoms with Gasteiger partial charge in [0.2, 0.25) is 0 Å². The molecule has 0 aliphatic heterocycles. The van der Waals surface area contributed by atoms with E-state index >= 15 is 0 Å². The van der Waals surface area contributed by atoms with E-state index < -0.39 is 18.0 Å². The molecule has 1 aliphatic carbocycles. The molecule has 1 nitrogen and oxygen atoms in total. The molecule has 0 unspecified atom stereocenters. The number of rotatable bonds is 3. The quantitative estimate of drug-likeness (QED) is 0.693. The third-order valence-electron chi connectivity index (χ3n) is 3.54. The normalized spacial score (nSPS) is 19.1. The lowest BCUT2D eigenvalue weighted by Gasteiger charge is -2.43. The van der Waals surface area contributed by atoms with E-state index in [1.807, 2.05) is 0 Å². The van der Waals surface area contributed by atoms with Gasteiger partial charge in [0.15, 0.2) is 0 Å². The lowest BCUT2D eigenvalue weighted by atomic mass is 9.68. The Kier molecular flexibility index (Phi) is 3.46. The first kappa shape index (κ1) is 13.8. The highest BCUT2D eigenvalue weighted by atomic mass is 79.9. The van der Waals surface area contributed by atoms with Gasteiger partial charge in [0.1, 0.15) is 0 Å². The van der Waals surface area contributed by atoms with Crippen molar-refractivity contribution in [3.8, 4) is 0 Å². The first-order chi connectivity index (χ1) is 8.27. The number of aromatic nitrogens is 1. The summed E-state index contributed by atoms with van der Waals surface area (Å²) in [7, 11) is 0. The molecule has 1 aliphatic rings. The Morgan fingerprint density at radius 3 is 2.28 bits per heavy atom. The minimum absolute atomic E-state index is 0.0352. The molecule has 0 saturated heterocycles. The van der Waals surface area contributed by atoms with Crippen LogP contribution in [0.2, 0.25) is 0 Å². The zero-order valence-electron chi connectivity index (χ0n) is 9.28. The van der Waals surface area contributed by atoms with E-state index in [-0.39, 0.29) is 29.6 Å². The second-order valence-electron chi connectivity index (χ2n) is 4.62. The van der Waals surface area contributed by atoms with Gasteiger partial charge in [-0.05, 0) is 34.8 Å². The number of alkyl halides is 5. The summed E-state index contributed by atoms with van der Waals surface area (Å²) in [6, 6.07) is 1.15. The van der Waals surface area contributed by atoms with E-state index in [9.17, 15) is 22.0 Å². The molecule has 1 aromatic rings. The van der Waals surface area contributed by atoms with Crippen LogP contribution < -0.4 is 0 Å². The molecule has 2 rings (SSSR count). The Labute approximate surface area is 109 Å². The van der Waals surface area contributed by atoms with Gasteiger partial charge < -0.3 is 4.57 Å². The highest BCUT2D eigenvalue weighted by molar-refractivity contribution is 9.10. The van der Waals surface area contributed by atoms with Crippen molar-refractivity contribution >= 4 is 15.9 Å². The maximum absolute atomic E-state index is 13.0. The van der Waals surface area contributed by atoms with Gasteiger partial charge in [-0.2, -0.15) is 13.2 Å². The summed E-state index contributed by atoms with van der Waals surface area (Å²) in [6.45, 7) is -0.302. The molecule has 7 heteroatoms. The second kappa shape index (κ2) is 4.51. The van der Waals surface area contributed by atoms with Crippen LogP contribution in [0.25, 0.3) is 0 Å². The van der Waals surface area contributed by atoms with Crippen LogP contribution in [0.3, 0.4) is 0 Å². The summed E-state index contributed by atoms with van der Waals surface area (Å²) in [6.07, 6.45) is -5.06. The fraction of sp³-hybridized carbons (Fsp3) is 0.636. The van der Waals surface area contributed by atoms with Crippen molar-refractivity contribution in [2.45, 2.75) is 38.4 Å². The Morgan fingerprint density at radius 2 is 1.94 bits per heavy atom. The third kappa shape index (κ3) is 2.17. The van der Waals surface area contributed by atoms with Gasteiger partial charge >= 0.3 is 6.18 Å². The van der Waals surface area contributed by atoms with Crippen molar-refractivity contribution in [2.24, 2.45) is 5.41 Å². The Bertz CT molecular complexity index is 433. The van der Waals surface area contributed by atoms with Gasteiger partial charge in [0.05, 0.1) is 15.6 Å². The molecule has 1 heterocycles. The lowest BCUT2D eigenvalue weighted by molar-refractivity contribution is -0.256. The average Bonchev–Trinajstić information content (AvgIpc) is 2.51. The molecule has 1 aromatic heterocycles. The van der Waals surface area contributed by atoms with Crippen LogP contribution in [0.4, 0.5) is 22.0 Å². The highest BCUT2D eigenvalue weighted by Gasteiger charge is 2.58. The van der Waals surface area contributed by atoms with Crippen LogP contribution in [-0.4, -0.2) is 10.7 Å². The van der Waals surface area contributed by atoms with Crippen LogP contribution in [-0.2, 0) is 6.54 Å². The first-order valence-electron chi connectivity index (χ1n) is 5.46. The summed E-state index contributed by atoms with van der Waals surface area (Å²) < 4.78 is 65.2. The minimum Gasteiger partial charge on any atom is -0.341 e. The van der Waals surface area contributed by atoms with Crippen LogP contribution in [0, 0.1) is 5.41 Å². The second-order valence-corrected chi connectivity index (χ2v) is 5.37. The van der Waals surface area contributed by atoms with Gasteiger partial charge in [-0.15, -0.1) is 0 Å². The molecule has 18 heavy (non-hydrogen) atoms. The molecule has 0 amide bonds. The summed E-state index contributed by atoms with van der Waals surface area (Å²) in [5, 5.41) is 0. The van der Waals surface area contributed by atoms with Gasteiger partial charge in [-0.25, -0.2) is 8.78 Å². The SMILES string of the molecule is FC(F)c1ccn(CC2(C(F)(F)F)CCC2)c1Br. The highest BCUT2D eigenvalue weighted by Crippen LogP contribution is 2.54. The van der Waals surface area contributed by atoms with Crippen LogP contribution in [0.15, 0.2) is 16.9 Å². The van der Waals surface area contributed by atoms with Crippen molar-refractivity contribution in [3.63, 3.8) is 0 Å². The Hall–Kier alpha value is -0.590. The smallest absolute Gasteiger partial charge is 0.341 e. The summed E-state index contributed by atoms with van der Waals surface area (Å²) in [5.41, 5.74) is -2.03. The van der Waals surface area contributed by atoms with E-state index in [4.69, 9.17) is 0 Å². The van der Waals surface area contributed by atoms with Crippen LogP contribution in [0.1, 0.15) is 31.3 Å². The first-order valence-corrected chi connectivity index (χ1v) is 6.25. The van der Waals surface area contributed by atoms with Gasteiger partial charge in [-0.3, -0.25) is 0 Å². The maximum Gasteiger partial charge on any atom is 0.396 e. The van der Waals surface area contributed by atoms with Crippen molar-refractivity contribution in [2.75, 3.05) is 0 Å². The van der Waals surface area contributed by atoms with Crippen molar-refractivity contribution in [1.29, 1.82) is 0 Å². The molecule has 0 bridgehead atoms. The number of hydrogen-bond donors (Lipinski definition) is 0. The molecule has 1 saturated carbocycles. The monoisotopic (exact) mass is 331 g/mol. The van der Waals surface area contributed by atoms with E-state index in [1.165, 1.54) is 10.8 Å². The zero-order chi connectivity index (χ0) is 13.6. The predicted octanol–water partition coefficient (Wildman–Crippen LogP) is 4.92. The molecular weight excluding hydrogens is 321 g/mol. The van der Waals surface area contributed by atoms with E-state index in [2.05, 4.69) is 15.9 Å². The summed E-state index contributed by atoms with van der Waals surface area (Å²) in [4.78, 5) is 0. The largest absolute Gasteiger partial charge is 0.396 e. The zero-order valence-corrected chi connectivity index (χ0v) is 10.9.